The third kappa shape index (κ3) is 1.40. The quantitative estimate of drug-likeness (QED) is 0.628. The molecule has 0 spiro atoms. The van der Waals surface area contributed by atoms with Gasteiger partial charge in [-0.25, -0.2) is 0 Å². The Bertz CT molecular complexity index is 184. The van der Waals surface area contributed by atoms with E-state index in [0.717, 1.165) is 19.3 Å². The van der Waals surface area contributed by atoms with Crippen molar-refractivity contribution in [2.75, 3.05) is 6.61 Å². The molecule has 0 N–H and O–H groups in total. The lowest BCUT2D eigenvalue weighted by Gasteiger charge is -2.25. The Hall–Kier alpha value is -0.370. The number of ether oxygens (including phenoxy) is 1. The molecule has 2 nitrogen and oxygen atoms in total. The van der Waals surface area contributed by atoms with Crippen LogP contribution in [-0.2, 0) is 9.53 Å². The van der Waals surface area contributed by atoms with Crippen LogP contribution in [0.3, 0.4) is 0 Å². The van der Waals surface area contributed by atoms with E-state index in [9.17, 15) is 4.79 Å². The summed E-state index contributed by atoms with van der Waals surface area (Å²) in [5, 5.41) is 0. The second kappa shape index (κ2) is 3.17. The molecule has 1 saturated carbocycles. The van der Waals surface area contributed by atoms with Crippen LogP contribution in [0.4, 0.5) is 0 Å². The maximum atomic E-state index is 11.7. The van der Waals surface area contributed by atoms with Gasteiger partial charge in [-0.15, -0.1) is 0 Å². The standard InChI is InChI=1S/C10H16O2/c1-7-5-9(6-12-7)10(11)8-3-2-4-8/h7-9H,2-6H2,1H3. The molecule has 2 atom stereocenters. The molecule has 2 aliphatic rings. The van der Waals surface area contributed by atoms with Crippen LogP contribution in [-0.4, -0.2) is 18.5 Å². The lowest BCUT2D eigenvalue weighted by atomic mass is 9.77. The van der Waals surface area contributed by atoms with E-state index in [-0.39, 0.29) is 5.92 Å². The van der Waals surface area contributed by atoms with Crippen molar-refractivity contribution in [2.24, 2.45) is 11.8 Å². The number of ketones is 1. The predicted octanol–water partition coefficient (Wildman–Crippen LogP) is 1.78. The normalized spacial score (nSPS) is 36.4. The number of carbonyl (C=O) groups is 1. The second-order valence-corrected chi connectivity index (χ2v) is 4.11. The first-order valence-corrected chi connectivity index (χ1v) is 4.92. The Morgan fingerprint density at radius 2 is 2.08 bits per heavy atom. The van der Waals surface area contributed by atoms with Crippen molar-refractivity contribution >= 4 is 5.78 Å². The van der Waals surface area contributed by atoms with Crippen molar-refractivity contribution in [1.82, 2.24) is 0 Å². The van der Waals surface area contributed by atoms with Crippen molar-refractivity contribution in [3.8, 4) is 0 Å². The predicted molar refractivity (Wildman–Crippen MR) is 45.9 cm³/mol. The summed E-state index contributed by atoms with van der Waals surface area (Å²) in [5.41, 5.74) is 0. The van der Waals surface area contributed by atoms with Gasteiger partial charge in [0.2, 0.25) is 0 Å². The molecule has 0 bridgehead atoms. The highest BCUT2D eigenvalue weighted by Crippen LogP contribution is 2.33. The maximum absolute atomic E-state index is 11.7. The molecule has 0 radical (unpaired) electrons. The van der Waals surface area contributed by atoms with Gasteiger partial charge in [0.05, 0.1) is 12.7 Å². The molecular formula is C10H16O2. The Morgan fingerprint density at radius 3 is 2.50 bits per heavy atom. The van der Waals surface area contributed by atoms with Crippen LogP contribution >= 0.6 is 0 Å². The van der Waals surface area contributed by atoms with Gasteiger partial charge >= 0.3 is 0 Å². The van der Waals surface area contributed by atoms with Crippen molar-refractivity contribution in [3.05, 3.63) is 0 Å². The van der Waals surface area contributed by atoms with Gasteiger partial charge in [0.25, 0.3) is 0 Å². The zero-order valence-electron chi connectivity index (χ0n) is 7.58. The van der Waals surface area contributed by atoms with Crippen LogP contribution in [0.1, 0.15) is 32.6 Å². The van der Waals surface area contributed by atoms with E-state index in [4.69, 9.17) is 4.74 Å². The molecule has 0 amide bonds. The van der Waals surface area contributed by atoms with Crippen LogP contribution < -0.4 is 0 Å². The molecule has 0 aromatic carbocycles. The number of rotatable bonds is 2. The molecule has 2 unspecified atom stereocenters. The topological polar surface area (TPSA) is 26.3 Å². The Kier molecular flexibility index (Phi) is 2.18. The minimum atomic E-state index is 0.227. The lowest BCUT2D eigenvalue weighted by Crippen LogP contribution is -2.28. The zero-order valence-corrected chi connectivity index (χ0v) is 7.58. The number of hydrogen-bond donors (Lipinski definition) is 0. The largest absolute Gasteiger partial charge is 0.378 e. The molecule has 2 fully saturated rings. The van der Waals surface area contributed by atoms with E-state index in [0.29, 0.717) is 24.4 Å². The first-order valence-electron chi connectivity index (χ1n) is 4.92. The fourth-order valence-corrected chi connectivity index (χ4v) is 2.04. The second-order valence-electron chi connectivity index (χ2n) is 4.11. The van der Waals surface area contributed by atoms with Gasteiger partial charge in [-0.05, 0) is 26.2 Å². The summed E-state index contributed by atoms with van der Waals surface area (Å²) in [6.45, 7) is 2.73. The van der Waals surface area contributed by atoms with Gasteiger partial charge in [-0.2, -0.15) is 0 Å². The maximum Gasteiger partial charge on any atom is 0.141 e. The van der Waals surface area contributed by atoms with Gasteiger partial charge in [0, 0.05) is 11.8 Å². The van der Waals surface area contributed by atoms with Crippen LogP contribution in [0.5, 0.6) is 0 Å². The Morgan fingerprint density at radius 1 is 1.33 bits per heavy atom. The average Bonchev–Trinajstić information content (AvgIpc) is 2.31. The van der Waals surface area contributed by atoms with E-state index < -0.39 is 0 Å². The SMILES string of the molecule is CC1CC(C(=O)C2CCC2)CO1. The van der Waals surface area contributed by atoms with Crippen LogP contribution in [0.25, 0.3) is 0 Å². The van der Waals surface area contributed by atoms with Crippen molar-refractivity contribution in [3.63, 3.8) is 0 Å². The first-order chi connectivity index (χ1) is 5.77. The number of carbonyl (C=O) groups excluding carboxylic acids is 1. The summed E-state index contributed by atoms with van der Waals surface area (Å²) >= 11 is 0. The van der Waals surface area contributed by atoms with Crippen molar-refractivity contribution in [1.29, 1.82) is 0 Å². The molecule has 0 aromatic rings. The van der Waals surface area contributed by atoms with E-state index in [1.807, 2.05) is 6.92 Å². The molecule has 0 aromatic heterocycles. The van der Waals surface area contributed by atoms with Gasteiger partial charge in [0.1, 0.15) is 5.78 Å². The van der Waals surface area contributed by atoms with Crippen molar-refractivity contribution in [2.45, 2.75) is 38.7 Å². The molecule has 2 rings (SSSR count). The lowest BCUT2D eigenvalue weighted by molar-refractivity contribution is -0.129. The van der Waals surface area contributed by atoms with E-state index >= 15 is 0 Å². The van der Waals surface area contributed by atoms with E-state index in [2.05, 4.69) is 0 Å². The smallest absolute Gasteiger partial charge is 0.141 e. The molecule has 2 heteroatoms. The molecule has 12 heavy (non-hydrogen) atoms. The highest BCUT2D eigenvalue weighted by atomic mass is 16.5. The summed E-state index contributed by atoms with van der Waals surface area (Å²) in [6, 6.07) is 0. The highest BCUT2D eigenvalue weighted by Gasteiger charge is 2.35. The summed E-state index contributed by atoms with van der Waals surface area (Å²) in [6.07, 6.45) is 4.77. The number of hydrogen-bond acceptors (Lipinski definition) is 2. The average molecular weight is 168 g/mol. The van der Waals surface area contributed by atoms with Crippen LogP contribution in [0.2, 0.25) is 0 Å². The van der Waals surface area contributed by atoms with Gasteiger partial charge < -0.3 is 4.74 Å². The molecule has 68 valence electrons. The zero-order chi connectivity index (χ0) is 8.55. The molecule has 1 heterocycles. The number of Topliss-reactive ketones (excluding diaryl/α,β-unsaturated/α-hetero) is 1. The minimum Gasteiger partial charge on any atom is -0.378 e. The van der Waals surface area contributed by atoms with Crippen LogP contribution in [0, 0.1) is 11.8 Å². The van der Waals surface area contributed by atoms with E-state index in [1.165, 1.54) is 6.42 Å². The Labute approximate surface area is 73.3 Å². The third-order valence-electron chi connectivity index (χ3n) is 3.11. The van der Waals surface area contributed by atoms with Gasteiger partial charge in [-0.3, -0.25) is 4.79 Å². The summed E-state index contributed by atoms with van der Waals surface area (Å²) < 4.78 is 5.38. The van der Waals surface area contributed by atoms with Crippen LogP contribution in [0.15, 0.2) is 0 Å². The fraction of sp³-hybridized carbons (Fsp3) is 0.900. The van der Waals surface area contributed by atoms with Gasteiger partial charge in [-0.1, -0.05) is 6.42 Å². The monoisotopic (exact) mass is 168 g/mol. The van der Waals surface area contributed by atoms with Gasteiger partial charge in [0.15, 0.2) is 0 Å². The molecule has 1 saturated heterocycles. The third-order valence-corrected chi connectivity index (χ3v) is 3.11. The molecular weight excluding hydrogens is 152 g/mol. The summed E-state index contributed by atoms with van der Waals surface area (Å²) in [7, 11) is 0. The fourth-order valence-electron chi connectivity index (χ4n) is 2.04. The molecule has 1 aliphatic heterocycles. The Balaban J connectivity index is 1.87. The van der Waals surface area contributed by atoms with Crippen molar-refractivity contribution < 1.29 is 9.53 Å². The first kappa shape index (κ1) is 8.24. The highest BCUT2D eigenvalue weighted by molar-refractivity contribution is 5.84. The van der Waals surface area contributed by atoms with E-state index in [1.54, 1.807) is 0 Å². The molecule has 1 aliphatic carbocycles. The summed E-state index contributed by atoms with van der Waals surface area (Å²) in [5.74, 6) is 1.10. The minimum absolute atomic E-state index is 0.227. The summed E-state index contributed by atoms with van der Waals surface area (Å²) in [4.78, 5) is 11.7.